The highest BCUT2D eigenvalue weighted by Gasteiger charge is 2.20. The van der Waals surface area contributed by atoms with Crippen molar-refractivity contribution < 1.29 is 13.2 Å². The molecule has 0 radical (unpaired) electrons. The molecule has 0 aliphatic heterocycles. The van der Waals surface area contributed by atoms with Gasteiger partial charge in [-0.3, -0.25) is 0 Å². The highest BCUT2D eigenvalue weighted by atomic mass is 32.2. The number of ether oxygens (including phenoxy) is 1. The number of nitrogens with zero attached hydrogens (tertiary/aromatic N) is 5. The Balaban J connectivity index is 1.78. The molecule has 9 nitrogen and oxygen atoms in total. The van der Waals surface area contributed by atoms with Crippen molar-refractivity contribution in [3.8, 4) is 0 Å². The summed E-state index contributed by atoms with van der Waals surface area (Å²) in [5.74, 6) is 0.820. The molecule has 3 rings (SSSR count). The molecule has 32 heavy (non-hydrogen) atoms. The average molecular weight is 461 g/mol. The third kappa shape index (κ3) is 5.26. The van der Waals surface area contributed by atoms with Crippen LogP contribution in [0.4, 0.5) is 11.5 Å². The lowest BCUT2D eigenvalue weighted by atomic mass is 10.1. The van der Waals surface area contributed by atoms with E-state index in [0.717, 1.165) is 40.1 Å². The van der Waals surface area contributed by atoms with Crippen LogP contribution in [0, 0.1) is 0 Å². The second-order valence-corrected chi connectivity index (χ2v) is 9.33. The summed E-state index contributed by atoms with van der Waals surface area (Å²) in [7, 11) is 1.92. The van der Waals surface area contributed by atoms with Crippen LogP contribution in [0.5, 0.6) is 0 Å². The maximum absolute atomic E-state index is 12.6. The lowest BCUT2D eigenvalue weighted by molar-refractivity contribution is 0.180. The molecule has 2 heterocycles. The molecule has 0 amide bonds. The number of likely N-dealkylation sites (N-methyl/N-ethyl adjacent to an activating group) is 1. The van der Waals surface area contributed by atoms with Crippen LogP contribution in [0.15, 0.2) is 36.8 Å². The van der Waals surface area contributed by atoms with E-state index in [1.165, 1.54) is 4.31 Å². The van der Waals surface area contributed by atoms with Gasteiger partial charge in [-0.05, 0) is 23.6 Å². The van der Waals surface area contributed by atoms with Crippen LogP contribution in [-0.4, -0.2) is 61.1 Å². The Morgan fingerprint density at radius 1 is 1.19 bits per heavy atom. The highest BCUT2D eigenvalue weighted by molar-refractivity contribution is 7.87. The zero-order chi connectivity index (χ0) is 23.3. The number of anilines is 2. The molecule has 0 bridgehead atoms. The van der Waals surface area contributed by atoms with Crippen LogP contribution in [0.25, 0.3) is 11.0 Å². The first-order valence-electron chi connectivity index (χ1n) is 10.7. The number of benzene rings is 1. The van der Waals surface area contributed by atoms with Crippen molar-refractivity contribution in [1.82, 2.24) is 23.6 Å². The van der Waals surface area contributed by atoms with Gasteiger partial charge in [0.1, 0.15) is 11.3 Å². The van der Waals surface area contributed by atoms with E-state index in [9.17, 15) is 8.42 Å². The molecule has 0 saturated carbocycles. The minimum absolute atomic E-state index is 0.224. The number of aryl methyl sites for hydroxylation is 2. The lowest BCUT2D eigenvalue weighted by Gasteiger charge is -2.23. The number of nitrogens with one attached hydrogen (secondary N) is 1. The Bertz CT molecular complexity index is 1160. The van der Waals surface area contributed by atoms with Gasteiger partial charge in [-0.2, -0.15) is 17.4 Å². The average Bonchev–Trinajstić information content (AvgIpc) is 3.17. The fourth-order valence-electron chi connectivity index (χ4n) is 3.59. The molecule has 0 aliphatic carbocycles. The molecular formula is C22H32N6O3S. The lowest BCUT2D eigenvalue weighted by Crippen LogP contribution is -2.41. The van der Waals surface area contributed by atoms with Gasteiger partial charge >= 0.3 is 0 Å². The van der Waals surface area contributed by atoms with E-state index in [1.807, 2.05) is 54.8 Å². The highest BCUT2D eigenvalue weighted by Crippen LogP contribution is 2.28. The van der Waals surface area contributed by atoms with Crippen LogP contribution < -0.4 is 9.62 Å². The van der Waals surface area contributed by atoms with Gasteiger partial charge in [0, 0.05) is 52.6 Å². The molecule has 3 aromatic rings. The van der Waals surface area contributed by atoms with Crippen LogP contribution in [0.2, 0.25) is 0 Å². The Labute approximate surface area is 190 Å². The first-order chi connectivity index (χ1) is 15.3. The van der Waals surface area contributed by atoms with Crippen molar-refractivity contribution >= 4 is 32.7 Å². The summed E-state index contributed by atoms with van der Waals surface area (Å²) in [5.41, 5.74) is 4.92. The van der Waals surface area contributed by atoms with Gasteiger partial charge in [0.05, 0.1) is 24.6 Å². The molecule has 0 unspecified atom stereocenters. The largest absolute Gasteiger partial charge is 0.383 e. The van der Waals surface area contributed by atoms with Gasteiger partial charge < -0.3 is 14.2 Å². The first kappa shape index (κ1) is 24.1. The van der Waals surface area contributed by atoms with Crippen molar-refractivity contribution in [1.29, 1.82) is 0 Å². The Kier molecular flexibility index (Phi) is 7.83. The van der Waals surface area contributed by atoms with Crippen molar-refractivity contribution in [3.63, 3.8) is 0 Å². The fourth-order valence-corrected chi connectivity index (χ4v) is 4.78. The summed E-state index contributed by atoms with van der Waals surface area (Å²) in [6.45, 7) is 5.18. The molecule has 0 spiro atoms. The molecule has 2 aromatic heterocycles. The second kappa shape index (κ2) is 10.4. The summed E-state index contributed by atoms with van der Waals surface area (Å²) in [6.07, 6.45) is 4.36. The smallest absolute Gasteiger partial charge is 0.279 e. The number of imidazole rings is 1. The number of methoxy groups -OCH3 is 1. The minimum atomic E-state index is -3.58. The van der Waals surface area contributed by atoms with E-state index in [4.69, 9.17) is 4.74 Å². The number of pyridine rings is 1. The van der Waals surface area contributed by atoms with Gasteiger partial charge in [-0.15, -0.1) is 0 Å². The molecule has 0 fully saturated rings. The molecule has 0 atom stereocenters. The summed E-state index contributed by atoms with van der Waals surface area (Å²) in [5, 5.41) is 0. The summed E-state index contributed by atoms with van der Waals surface area (Å²) in [4.78, 5) is 10.9. The van der Waals surface area contributed by atoms with Crippen LogP contribution >= 0.6 is 0 Å². The Hall–Kier alpha value is -2.53. The van der Waals surface area contributed by atoms with Crippen molar-refractivity contribution in [2.45, 2.75) is 26.8 Å². The monoisotopic (exact) mass is 460 g/mol. The van der Waals surface area contributed by atoms with E-state index in [1.54, 1.807) is 19.6 Å². The maximum atomic E-state index is 12.6. The molecule has 10 heteroatoms. The van der Waals surface area contributed by atoms with Gasteiger partial charge in [0.25, 0.3) is 10.2 Å². The summed E-state index contributed by atoms with van der Waals surface area (Å²) >= 11 is 0. The van der Waals surface area contributed by atoms with Gasteiger partial charge in [-0.1, -0.05) is 26.0 Å². The van der Waals surface area contributed by atoms with Crippen molar-refractivity contribution in [3.05, 3.63) is 47.9 Å². The molecular weight excluding hydrogens is 428 g/mol. The normalized spacial score (nSPS) is 12.1. The summed E-state index contributed by atoms with van der Waals surface area (Å²) < 4.78 is 36.3. The van der Waals surface area contributed by atoms with E-state index >= 15 is 0 Å². The number of hydrogen-bond acceptors (Lipinski definition) is 6. The van der Waals surface area contributed by atoms with Gasteiger partial charge in [0.15, 0.2) is 0 Å². The predicted molar refractivity (Wildman–Crippen MR) is 127 cm³/mol. The van der Waals surface area contributed by atoms with E-state index in [0.29, 0.717) is 19.7 Å². The van der Waals surface area contributed by atoms with Crippen molar-refractivity contribution in [2.24, 2.45) is 7.05 Å². The third-order valence-electron chi connectivity index (χ3n) is 5.52. The van der Waals surface area contributed by atoms with Crippen LogP contribution in [0.1, 0.15) is 25.0 Å². The maximum Gasteiger partial charge on any atom is 0.279 e. The Morgan fingerprint density at radius 3 is 2.66 bits per heavy atom. The summed E-state index contributed by atoms with van der Waals surface area (Å²) in [6, 6.07) is 8.02. The van der Waals surface area contributed by atoms with E-state index < -0.39 is 10.2 Å². The number of hydrogen-bond donors (Lipinski definition) is 1. The zero-order valence-corrected chi connectivity index (χ0v) is 20.2. The second-order valence-electron chi connectivity index (χ2n) is 7.57. The van der Waals surface area contributed by atoms with Crippen LogP contribution in [-0.2, 0) is 35.0 Å². The van der Waals surface area contributed by atoms with Gasteiger partial charge in [-0.25, -0.2) is 9.97 Å². The quantitative estimate of drug-likeness (QED) is 0.473. The number of aromatic nitrogens is 3. The third-order valence-corrected chi connectivity index (χ3v) is 7.15. The van der Waals surface area contributed by atoms with Gasteiger partial charge in [0.2, 0.25) is 0 Å². The first-order valence-corrected chi connectivity index (χ1v) is 12.1. The standard InChI is InChI=1S/C22H32N6O3S/c1-6-18-12-17(14-25-32(29,30)28(7-2)10-11-31-5)8-9-20(18)27(4)22-13-21-19(15-23-22)24-16-26(21)3/h8-9,12-13,15-16,25H,6-7,10-11,14H2,1-5H3. The van der Waals surface area contributed by atoms with Crippen molar-refractivity contribution in [2.75, 3.05) is 38.8 Å². The zero-order valence-electron chi connectivity index (χ0n) is 19.4. The fraction of sp³-hybridized carbons (Fsp3) is 0.455. The topological polar surface area (TPSA) is 92.6 Å². The number of fused-ring (bicyclic) bond motifs is 1. The van der Waals surface area contributed by atoms with E-state index in [-0.39, 0.29) is 6.54 Å². The van der Waals surface area contributed by atoms with E-state index in [2.05, 4.69) is 21.6 Å². The Morgan fingerprint density at radius 2 is 1.97 bits per heavy atom. The minimum Gasteiger partial charge on any atom is -0.383 e. The SMILES string of the molecule is CCc1cc(CNS(=O)(=O)N(CC)CCOC)ccc1N(C)c1cc2c(cn1)ncn2C. The number of rotatable bonds is 11. The predicted octanol–water partition coefficient (Wildman–Crippen LogP) is 2.60. The molecule has 174 valence electrons. The molecule has 1 N–H and O–H groups in total. The molecule has 0 saturated heterocycles. The van der Waals surface area contributed by atoms with Crippen LogP contribution in [0.3, 0.4) is 0 Å². The molecule has 1 aromatic carbocycles. The molecule has 0 aliphatic rings.